The maximum absolute atomic E-state index is 8.54. The van der Waals surface area contributed by atoms with Crippen LogP contribution in [-0.4, -0.2) is 102 Å². The number of likely N-dealkylation sites (tertiary alicyclic amines) is 1. The first-order valence-corrected chi connectivity index (χ1v) is 10.1. The van der Waals surface area contributed by atoms with Crippen molar-refractivity contribution in [3.05, 3.63) is 0 Å². The lowest BCUT2D eigenvalue weighted by molar-refractivity contribution is -0.870. The molecule has 0 aromatic heterocycles. The topological polar surface area (TPSA) is 66.4 Å². The Balaban J connectivity index is 1.81. The number of hydrogen-bond acceptors (Lipinski definition) is 6. The Labute approximate surface area is 164 Å². The molecular formula is C20H38NO6+. The fourth-order valence-corrected chi connectivity index (χ4v) is 2.89. The SMILES string of the molecule is C#C[N+]1(CCOCCOCCOCCOCCOCCO)CCC(C)CC1. The molecule has 0 bridgehead atoms. The summed E-state index contributed by atoms with van der Waals surface area (Å²) >= 11 is 0. The molecule has 7 heteroatoms. The molecule has 0 radical (unpaired) electrons. The number of rotatable bonds is 17. The van der Waals surface area contributed by atoms with Gasteiger partial charge in [0, 0.05) is 12.8 Å². The molecule has 1 saturated heterocycles. The van der Waals surface area contributed by atoms with Crippen LogP contribution in [0.15, 0.2) is 0 Å². The van der Waals surface area contributed by atoms with Crippen LogP contribution in [-0.2, 0) is 23.7 Å². The molecule has 0 saturated carbocycles. The lowest BCUT2D eigenvalue weighted by Crippen LogP contribution is -2.50. The van der Waals surface area contributed by atoms with Crippen molar-refractivity contribution < 1.29 is 33.3 Å². The third-order valence-corrected chi connectivity index (χ3v) is 4.76. The van der Waals surface area contributed by atoms with E-state index in [1.165, 1.54) is 12.8 Å². The molecular weight excluding hydrogens is 350 g/mol. The van der Waals surface area contributed by atoms with E-state index in [2.05, 4.69) is 13.0 Å². The minimum atomic E-state index is 0.0401. The Hall–Kier alpha value is -0.720. The Bertz CT molecular complexity index is 379. The maximum Gasteiger partial charge on any atom is 0.133 e. The van der Waals surface area contributed by atoms with Gasteiger partial charge in [-0.2, -0.15) is 0 Å². The molecule has 158 valence electrons. The molecule has 1 aliphatic rings. The van der Waals surface area contributed by atoms with E-state index in [9.17, 15) is 0 Å². The lowest BCUT2D eigenvalue weighted by atomic mass is 9.97. The van der Waals surface area contributed by atoms with Crippen molar-refractivity contribution in [2.24, 2.45) is 5.92 Å². The normalized spacial score (nSPS) is 22.6. The van der Waals surface area contributed by atoms with Crippen LogP contribution >= 0.6 is 0 Å². The first-order valence-electron chi connectivity index (χ1n) is 10.1. The number of aliphatic hydroxyl groups excluding tert-OH is 1. The molecule has 0 aromatic carbocycles. The van der Waals surface area contributed by atoms with Gasteiger partial charge in [0.15, 0.2) is 0 Å². The van der Waals surface area contributed by atoms with Crippen LogP contribution < -0.4 is 0 Å². The molecule has 1 heterocycles. The molecule has 0 aliphatic carbocycles. The number of ether oxygens (including phenoxy) is 5. The van der Waals surface area contributed by atoms with E-state index < -0.39 is 0 Å². The number of nitrogens with zero attached hydrogens (tertiary/aromatic N) is 1. The zero-order chi connectivity index (χ0) is 19.6. The second-order valence-corrected chi connectivity index (χ2v) is 6.91. The van der Waals surface area contributed by atoms with Crippen molar-refractivity contribution in [3.63, 3.8) is 0 Å². The minimum absolute atomic E-state index is 0.0401. The molecule has 1 N–H and O–H groups in total. The van der Waals surface area contributed by atoms with Gasteiger partial charge in [-0.3, -0.25) is 0 Å². The second-order valence-electron chi connectivity index (χ2n) is 6.91. The van der Waals surface area contributed by atoms with E-state index in [-0.39, 0.29) is 6.61 Å². The largest absolute Gasteiger partial charge is 0.394 e. The van der Waals surface area contributed by atoms with Crippen LogP contribution in [0.5, 0.6) is 0 Å². The van der Waals surface area contributed by atoms with Crippen molar-refractivity contribution in [2.75, 3.05) is 92.3 Å². The summed E-state index contributed by atoms with van der Waals surface area (Å²) in [6.07, 6.45) is 8.16. The van der Waals surface area contributed by atoms with Gasteiger partial charge in [0.25, 0.3) is 0 Å². The Kier molecular flexibility index (Phi) is 14.6. The van der Waals surface area contributed by atoms with Crippen LogP contribution in [0, 0.1) is 18.4 Å². The van der Waals surface area contributed by atoms with E-state index in [4.69, 9.17) is 35.2 Å². The first-order chi connectivity index (χ1) is 13.2. The molecule has 7 nitrogen and oxygen atoms in total. The minimum Gasteiger partial charge on any atom is -0.394 e. The first kappa shape index (κ1) is 24.3. The van der Waals surface area contributed by atoms with Crippen molar-refractivity contribution in [1.82, 2.24) is 0 Å². The highest BCUT2D eigenvalue weighted by atomic mass is 16.6. The number of piperidine rings is 1. The van der Waals surface area contributed by atoms with Gasteiger partial charge in [-0.15, -0.1) is 0 Å². The van der Waals surface area contributed by atoms with Gasteiger partial charge in [-0.1, -0.05) is 13.3 Å². The van der Waals surface area contributed by atoms with E-state index in [1.807, 2.05) is 0 Å². The third kappa shape index (κ3) is 12.4. The average Bonchev–Trinajstić information content (AvgIpc) is 2.69. The van der Waals surface area contributed by atoms with E-state index in [0.29, 0.717) is 66.1 Å². The predicted octanol–water partition coefficient (Wildman–Crippen LogP) is 0.899. The molecule has 0 aromatic rings. The van der Waals surface area contributed by atoms with Gasteiger partial charge in [-0.25, -0.2) is 4.48 Å². The predicted molar refractivity (Wildman–Crippen MR) is 103 cm³/mol. The lowest BCUT2D eigenvalue weighted by Gasteiger charge is -2.37. The summed E-state index contributed by atoms with van der Waals surface area (Å²) in [4.78, 5) is 0. The summed E-state index contributed by atoms with van der Waals surface area (Å²) in [5, 5.41) is 8.54. The Morgan fingerprint density at radius 2 is 1.19 bits per heavy atom. The summed E-state index contributed by atoms with van der Waals surface area (Å²) in [7, 11) is 0. The third-order valence-electron chi connectivity index (χ3n) is 4.76. The highest BCUT2D eigenvalue weighted by Gasteiger charge is 2.31. The summed E-state index contributed by atoms with van der Waals surface area (Å²) in [5.41, 5.74) is 0. The smallest absolute Gasteiger partial charge is 0.133 e. The standard InChI is InChI=1S/C20H38NO6/c1-3-21(6-4-20(2)5-7-21)8-10-23-12-14-25-16-18-27-19-17-26-15-13-24-11-9-22/h1,20,22H,4-19H2,2H3/q+1. The number of quaternary nitrogens is 1. The molecule has 1 fully saturated rings. The fraction of sp³-hybridized carbons (Fsp3) is 0.900. The summed E-state index contributed by atoms with van der Waals surface area (Å²) in [6.45, 7) is 10.7. The van der Waals surface area contributed by atoms with Crippen molar-refractivity contribution in [2.45, 2.75) is 19.8 Å². The molecule has 1 rings (SSSR count). The zero-order valence-corrected chi connectivity index (χ0v) is 16.9. The molecule has 1 aliphatic heterocycles. The number of aliphatic hydroxyl groups is 1. The van der Waals surface area contributed by atoms with Gasteiger partial charge >= 0.3 is 0 Å². The van der Waals surface area contributed by atoms with E-state index in [0.717, 1.165) is 30.0 Å². The van der Waals surface area contributed by atoms with E-state index in [1.54, 1.807) is 0 Å². The van der Waals surface area contributed by atoms with Crippen LogP contribution in [0.25, 0.3) is 0 Å². The molecule has 0 unspecified atom stereocenters. The zero-order valence-electron chi connectivity index (χ0n) is 16.9. The number of terminal acetylenes is 1. The molecule has 0 amide bonds. The van der Waals surface area contributed by atoms with Crippen LogP contribution in [0.3, 0.4) is 0 Å². The summed E-state index contributed by atoms with van der Waals surface area (Å²) in [5.74, 6) is 0.790. The second kappa shape index (κ2) is 16.3. The van der Waals surface area contributed by atoms with Crippen molar-refractivity contribution in [3.8, 4) is 12.5 Å². The van der Waals surface area contributed by atoms with E-state index >= 15 is 0 Å². The van der Waals surface area contributed by atoms with Crippen LogP contribution in [0.4, 0.5) is 0 Å². The molecule has 0 atom stereocenters. The van der Waals surface area contributed by atoms with Gasteiger partial charge in [0.05, 0.1) is 85.8 Å². The van der Waals surface area contributed by atoms with Gasteiger partial charge in [0.1, 0.15) is 12.6 Å². The molecule has 27 heavy (non-hydrogen) atoms. The van der Waals surface area contributed by atoms with Gasteiger partial charge in [0.2, 0.25) is 0 Å². The van der Waals surface area contributed by atoms with Gasteiger partial charge in [-0.05, 0) is 5.92 Å². The highest BCUT2D eigenvalue weighted by Crippen LogP contribution is 2.22. The maximum atomic E-state index is 8.54. The fourth-order valence-electron chi connectivity index (χ4n) is 2.89. The Morgan fingerprint density at radius 3 is 1.59 bits per heavy atom. The summed E-state index contributed by atoms with van der Waals surface area (Å²) < 4.78 is 27.7. The van der Waals surface area contributed by atoms with Gasteiger partial charge < -0.3 is 28.8 Å². The average molecular weight is 389 g/mol. The highest BCUT2D eigenvalue weighted by molar-refractivity contribution is 4.76. The quantitative estimate of drug-likeness (QED) is 0.227. The monoisotopic (exact) mass is 388 g/mol. The van der Waals surface area contributed by atoms with Crippen LogP contribution in [0.2, 0.25) is 0 Å². The number of hydrogen-bond donors (Lipinski definition) is 1. The molecule has 0 spiro atoms. The van der Waals surface area contributed by atoms with Crippen molar-refractivity contribution in [1.29, 1.82) is 0 Å². The Morgan fingerprint density at radius 1 is 0.778 bits per heavy atom. The summed E-state index contributed by atoms with van der Waals surface area (Å²) in [6, 6.07) is 2.97. The van der Waals surface area contributed by atoms with Crippen molar-refractivity contribution >= 4 is 0 Å². The van der Waals surface area contributed by atoms with Crippen LogP contribution in [0.1, 0.15) is 19.8 Å².